The average molecular weight is 381 g/mol. The minimum atomic E-state index is 0.451. The Morgan fingerprint density at radius 2 is 1.43 bits per heavy atom. The van der Waals surface area contributed by atoms with Gasteiger partial charge in [0.25, 0.3) is 0 Å². The second-order valence-electron chi connectivity index (χ2n) is 4.95. The average Bonchev–Trinajstić information content (AvgIpc) is 2.61. The van der Waals surface area contributed by atoms with Gasteiger partial charge in [-0.2, -0.15) is 0 Å². The zero-order chi connectivity index (χ0) is 16.7. The van der Waals surface area contributed by atoms with Gasteiger partial charge in [-0.25, -0.2) is 0 Å². The van der Waals surface area contributed by atoms with Crippen molar-refractivity contribution in [1.82, 2.24) is 0 Å². The topological polar surface area (TPSA) is 36.9 Å². The van der Waals surface area contributed by atoms with E-state index < -0.39 is 0 Å². The van der Waals surface area contributed by atoms with E-state index in [1.165, 1.54) is 0 Å². The zero-order valence-corrected chi connectivity index (χ0v) is 15.2. The lowest BCUT2D eigenvalue weighted by atomic mass is 10.1. The second-order valence-corrected chi connectivity index (χ2v) is 5.51. The maximum absolute atomic E-state index is 5.83. The minimum Gasteiger partial charge on any atom is -0.497 e. The quantitative estimate of drug-likeness (QED) is 0.638. The molecule has 2 aromatic rings. The summed E-state index contributed by atoms with van der Waals surface area (Å²) in [5.74, 6) is 2.46. The lowest BCUT2D eigenvalue weighted by Crippen LogP contribution is -2.01. The Kier molecular flexibility index (Phi) is 6.74. The number of hydrogen-bond acceptors (Lipinski definition) is 4. The second kappa shape index (κ2) is 8.79. The molecule has 0 N–H and O–H groups in total. The predicted octanol–water partition coefficient (Wildman–Crippen LogP) is 4.32. The number of methoxy groups -OCH3 is 3. The van der Waals surface area contributed by atoms with Gasteiger partial charge in [-0.05, 0) is 29.8 Å². The van der Waals surface area contributed by atoms with Gasteiger partial charge in [0, 0.05) is 16.5 Å². The fourth-order valence-electron chi connectivity index (χ4n) is 2.31. The molecule has 0 bridgehead atoms. The summed E-state index contributed by atoms with van der Waals surface area (Å²) in [6.45, 7) is 0.973. The number of hydrogen-bond donors (Lipinski definition) is 0. The van der Waals surface area contributed by atoms with Gasteiger partial charge in [0.05, 0.1) is 34.5 Å². The molecule has 0 unspecified atom stereocenters. The number of alkyl halides is 1. The molecule has 0 heterocycles. The normalized spacial score (nSPS) is 10.4. The largest absolute Gasteiger partial charge is 0.497 e. The summed E-state index contributed by atoms with van der Waals surface area (Å²) in [4.78, 5) is 0. The molecule has 0 radical (unpaired) electrons. The van der Waals surface area contributed by atoms with Crippen LogP contribution in [0.5, 0.6) is 17.2 Å². The van der Waals surface area contributed by atoms with E-state index in [0.29, 0.717) is 18.5 Å². The van der Waals surface area contributed by atoms with Crippen LogP contribution < -0.4 is 14.2 Å². The molecule has 2 rings (SSSR count). The van der Waals surface area contributed by atoms with Crippen molar-refractivity contribution in [2.45, 2.75) is 18.5 Å². The Morgan fingerprint density at radius 1 is 0.783 bits per heavy atom. The van der Waals surface area contributed by atoms with Gasteiger partial charge >= 0.3 is 0 Å². The first-order valence-corrected chi connectivity index (χ1v) is 8.34. The van der Waals surface area contributed by atoms with Crippen LogP contribution >= 0.6 is 15.9 Å². The number of ether oxygens (including phenoxy) is 4. The molecule has 5 heteroatoms. The third kappa shape index (κ3) is 4.62. The van der Waals surface area contributed by atoms with E-state index in [1.807, 2.05) is 36.4 Å². The minimum absolute atomic E-state index is 0.451. The zero-order valence-electron chi connectivity index (χ0n) is 13.6. The number of benzene rings is 2. The molecule has 124 valence electrons. The van der Waals surface area contributed by atoms with Crippen LogP contribution in [0.15, 0.2) is 36.4 Å². The highest BCUT2D eigenvalue weighted by atomic mass is 79.9. The summed E-state index contributed by atoms with van der Waals surface area (Å²) in [5, 5.41) is 0.693. The van der Waals surface area contributed by atoms with Crippen LogP contribution in [0.3, 0.4) is 0 Å². The van der Waals surface area contributed by atoms with Crippen molar-refractivity contribution < 1.29 is 18.9 Å². The summed E-state index contributed by atoms with van der Waals surface area (Å²) >= 11 is 3.48. The first-order chi connectivity index (χ1) is 11.2. The Labute approximate surface area is 145 Å². The maximum atomic E-state index is 5.83. The van der Waals surface area contributed by atoms with E-state index in [4.69, 9.17) is 18.9 Å². The highest BCUT2D eigenvalue weighted by molar-refractivity contribution is 9.08. The van der Waals surface area contributed by atoms with Crippen LogP contribution in [0.2, 0.25) is 0 Å². The molecular formula is C18H21BrO4. The summed E-state index contributed by atoms with van der Waals surface area (Å²) in [6, 6.07) is 11.7. The molecule has 23 heavy (non-hydrogen) atoms. The van der Waals surface area contributed by atoms with Crippen LogP contribution in [0.4, 0.5) is 0 Å². The van der Waals surface area contributed by atoms with Crippen molar-refractivity contribution in [3.63, 3.8) is 0 Å². The molecule has 0 spiro atoms. The molecule has 0 aliphatic carbocycles. The van der Waals surface area contributed by atoms with E-state index in [9.17, 15) is 0 Å². The molecule has 2 aromatic carbocycles. The SMILES string of the molecule is COc1ccc(COCc2cc(OC)cc(CBr)c2OC)cc1. The Bertz CT molecular complexity index is 626. The van der Waals surface area contributed by atoms with Crippen molar-refractivity contribution in [3.8, 4) is 17.2 Å². The summed E-state index contributed by atoms with van der Waals surface area (Å²) in [6.07, 6.45) is 0. The van der Waals surface area contributed by atoms with Crippen LogP contribution in [-0.4, -0.2) is 21.3 Å². The van der Waals surface area contributed by atoms with Crippen LogP contribution in [0.25, 0.3) is 0 Å². The number of halogens is 1. The molecule has 4 nitrogen and oxygen atoms in total. The van der Waals surface area contributed by atoms with E-state index >= 15 is 0 Å². The van der Waals surface area contributed by atoms with Crippen LogP contribution in [0, 0.1) is 0 Å². The summed E-state index contributed by atoms with van der Waals surface area (Å²) in [5.41, 5.74) is 3.10. The number of rotatable bonds is 8. The molecule has 0 aliphatic heterocycles. The van der Waals surface area contributed by atoms with E-state index in [1.54, 1.807) is 21.3 Å². The third-order valence-corrected chi connectivity index (χ3v) is 4.09. The summed E-state index contributed by atoms with van der Waals surface area (Å²) < 4.78 is 21.8. The van der Waals surface area contributed by atoms with Crippen molar-refractivity contribution in [2.24, 2.45) is 0 Å². The van der Waals surface area contributed by atoms with Crippen molar-refractivity contribution in [1.29, 1.82) is 0 Å². The molecule has 0 saturated carbocycles. The van der Waals surface area contributed by atoms with Gasteiger partial charge in [-0.3, -0.25) is 0 Å². The van der Waals surface area contributed by atoms with Crippen LogP contribution in [0.1, 0.15) is 16.7 Å². The molecule has 0 saturated heterocycles. The van der Waals surface area contributed by atoms with Crippen molar-refractivity contribution in [2.75, 3.05) is 21.3 Å². The lowest BCUT2D eigenvalue weighted by Gasteiger charge is -2.15. The Hall–Kier alpha value is -1.72. The fraction of sp³-hybridized carbons (Fsp3) is 0.333. The Balaban J connectivity index is 2.06. The fourth-order valence-corrected chi connectivity index (χ4v) is 2.73. The Morgan fingerprint density at radius 3 is 2.00 bits per heavy atom. The lowest BCUT2D eigenvalue weighted by molar-refractivity contribution is 0.105. The monoisotopic (exact) mass is 380 g/mol. The first-order valence-electron chi connectivity index (χ1n) is 7.22. The van der Waals surface area contributed by atoms with Gasteiger partial charge < -0.3 is 18.9 Å². The van der Waals surface area contributed by atoms with Gasteiger partial charge in [-0.1, -0.05) is 28.1 Å². The third-order valence-electron chi connectivity index (χ3n) is 3.49. The van der Waals surface area contributed by atoms with Crippen molar-refractivity contribution >= 4 is 15.9 Å². The highest BCUT2D eigenvalue weighted by Gasteiger charge is 2.12. The highest BCUT2D eigenvalue weighted by Crippen LogP contribution is 2.31. The molecule has 0 amide bonds. The molecule has 0 atom stereocenters. The predicted molar refractivity (Wildman–Crippen MR) is 93.7 cm³/mol. The van der Waals surface area contributed by atoms with E-state index in [-0.39, 0.29) is 0 Å². The molecule has 0 fully saturated rings. The van der Waals surface area contributed by atoms with Gasteiger partial charge in [0.15, 0.2) is 0 Å². The standard InChI is InChI=1S/C18H21BrO4/c1-20-16-6-4-13(5-7-16)11-23-12-15-9-17(21-2)8-14(10-19)18(15)22-3/h4-9H,10-12H2,1-3H3. The van der Waals surface area contributed by atoms with E-state index in [0.717, 1.165) is 33.9 Å². The maximum Gasteiger partial charge on any atom is 0.128 e. The van der Waals surface area contributed by atoms with Gasteiger partial charge in [0.2, 0.25) is 0 Å². The van der Waals surface area contributed by atoms with Gasteiger partial charge in [-0.15, -0.1) is 0 Å². The smallest absolute Gasteiger partial charge is 0.128 e. The summed E-state index contributed by atoms with van der Waals surface area (Å²) in [7, 11) is 4.98. The molecule has 0 aliphatic rings. The first kappa shape index (κ1) is 17.6. The van der Waals surface area contributed by atoms with Gasteiger partial charge in [0.1, 0.15) is 17.2 Å². The molecule has 0 aromatic heterocycles. The van der Waals surface area contributed by atoms with Crippen molar-refractivity contribution in [3.05, 3.63) is 53.1 Å². The molecular weight excluding hydrogens is 360 g/mol. The van der Waals surface area contributed by atoms with Crippen LogP contribution in [-0.2, 0) is 23.3 Å². The van der Waals surface area contributed by atoms with E-state index in [2.05, 4.69) is 15.9 Å².